The summed E-state index contributed by atoms with van der Waals surface area (Å²) in [6.07, 6.45) is 1.75. The van der Waals surface area contributed by atoms with E-state index in [9.17, 15) is 14.3 Å². The summed E-state index contributed by atoms with van der Waals surface area (Å²) in [6, 6.07) is 6.95. The number of nitrogens with two attached hydrogens (primary N) is 2. The lowest BCUT2D eigenvalue weighted by atomic mass is 10.2. The van der Waals surface area contributed by atoms with Crippen LogP contribution >= 0.6 is 7.60 Å². The molecule has 0 bridgehead atoms. The molecule has 0 radical (unpaired) electrons. The molecular weight excluding hydrogens is 459 g/mol. The van der Waals surface area contributed by atoms with E-state index in [0.29, 0.717) is 35.4 Å². The number of carbonyl (C=O) groups is 1. The number of amides is 1. The molecular formula is C21H29N8O4P. The standard InChI is InChI=1S/C21H29N8O4P/c1-4-13(2)33-34(31,32)10-9-24-20(30)14-5-7-16(8-6-14)29(3)12-15-11-25-19-17(26-15)18(22)27-21(23)28-19/h5-8,11,13H,4,9-10,12H2,1-3H3,(H,24,30)(H,31,32)(H4,22,23,25,27,28). The molecule has 0 aliphatic heterocycles. The van der Waals surface area contributed by atoms with Gasteiger partial charge in [0.25, 0.3) is 5.91 Å². The van der Waals surface area contributed by atoms with Crippen molar-refractivity contribution in [2.75, 3.05) is 36.1 Å². The predicted molar refractivity (Wildman–Crippen MR) is 130 cm³/mol. The molecule has 0 aliphatic rings. The van der Waals surface area contributed by atoms with Crippen molar-refractivity contribution in [3.63, 3.8) is 0 Å². The topological polar surface area (TPSA) is 182 Å². The molecule has 3 aromatic rings. The fourth-order valence-electron chi connectivity index (χ4n) is 3.08. The molecule has 0 spiro atoms. The average molecular weight is 488 g/mol. The first-order chi connectivity index (χ1) is 16.1. The van der Waals surface area contributed by atoms with E-state index in [1.165, 1.54) is 0 Å². The van der Waals surface area contributed by atoms with Gasteiger partial charge in [-0.25, -0.2) is 9.97 Å². The maximum atomic E-state index is 12.4. The van der Waals surface area contributed by atoms with Gasteiger partial charge in [0.15, 0.2) is 17.0 Å². The quantitative estimate of drug-likeness (QED) is 0.306. The minimum Gasteiger partial charge on any atom is -0.382 e. The molecule has 1 amide bonds. The van der Waals surface area contributed by atoms with Crippen molar-refractivity contribution in [1.29, 1.82) is 0 Å². The van der Waals surface area contributed by atoms with Crippen molar-refractivity contribution in [2.24, 2.45) is 0 Å². The van der Waals surface area contributed by atoms with E-state index in [4.69, 9.17) is 16.0 Å². The van der Waals surface area contributed by atoms with Gasteiger partial charge in [-0.05, 0) is 37.6 Å². The molecule has 0 aliphatic carbocycles. The maximum Gasteiger partial charge on any atom is 0.330 e. The summed E-state index contributed by atoms with van der Waals surface area (Å²) < 4.78 is 17.2. The highest BCUT2D eigenvalue weighted by Crippen LogP contribution is 2.42. The number of nitrogens with one attached hydrogen (secondary N) is 1. The number of fused-ring (bicyclic) bond motifs is 1. The lowest BCUT2D eigenvalue weighted by Crippen LogP contribution is -2.27. The molecule has 3 rings (SSSR count). The number of hydrogen-bond acceptors (Lipinski definition) is 10. The number of aromatic nitrogens is 4. The fraction of sp³-hybridized carbons (Fsp3) is 0.381. The van der Waals surface area contributed by atoms with E-state index in [2.05, 4.69) is 25.3 Å². The van der Waals surface area contributed by atoms with Crippen molar-refractivity contribution in [3.8, 4) is 0 Å². The van der Waals surface area contributed by atoms with Gasteiger partial charge >= 0.3 is 7.60 Å². The van der Waals surface area contributed by atoms with Crippen LogP contribution in [0, 0.1) is 0 Å². The smallest absolute Gasteiger partial charge is 0.330 e. The summed E-state index contributed by atoms with van der Waals surface area (Å²) in [4.78, 5) is 40.8. The van der Waals surface area contributed by atoms with Crippen LogP contribution in [0.3, 0.4) is 0 Å². The average Bonchev–Trinajstić information content (AvgIpc) is 2.79. The van der Waals surface area contributed by atoms with E-state index < -0.39 is 7.60 Å². The zero-order valence-corrected chi connectivity index (χ0v) is 20.2. The largest absolute Gasteiger partial charge is 0.382 e. The second kappa shape index (κ2) is 10.7. The molecule has 0 fully saturated rings. The molecule has 2 atom stereocenters. The van der Waals surface area contributed by atoms with Crippen molar-refractivity contribution < 1.29 is 18.8 Å². The van der Waals surface area contributed by atoms with Crippen LogP contribution in [0.15, 0.2) is 30.5 Å². The minimum absolute atomic E-state index is 0.0316. The first-order valence-corrected chi connectivity index (χ1v) is 12.5. The highest BCUT2D eigenvalue weighted by Gasteiger charge is 2.22. The van der Waals surface area contributed by atoms with Crippen LogP contribution in [0.2, 0.25) is 0 Å². The van der Waals surface area contributed by atoms with Gasteiger partial charge in [-0.3, -0.25) is 9.36 Å². The summed E-state index contributed by atoms with van der Waals surface area (Å²) in [7, 11) is -1.87. The second-order valence-corrected chi connectivity index (χ2v) is 9.78. The Labute approximate surface area is 197 Å². The van der Waals surface area contributed by atoms with Crippen LogP contribution in [-0.2, 0) is 15.6 Å². The number of carbonyl (C=O) groups excluding carboxylic acids is 1. The third kappa shape index (κ3) is 6.60. The lowest BCUT2D eigenvalue weighted by Gasteiger charge is -2.19. The monoisotopic (exact) mass is 488 g/mol. The number of hydrogen-bond donors (Lipinski definition) is 4. The molecule has 0 saturated carbocycles. The number of nitrogen functional groups attached to an aromatic ring is 2. The first-order valence-electron chi connectivity index (χ1n) is 10.7. The van der Waals surface area contributed by atoms with Crippen LogP contribution in [-0.4, -0.2) is 56.6 Å². The van der Waals surface area contributed by atoms with Crippen molar-refractivity contribution in [2.45, 2.75) is 32.9 Å². The van der Waals surface area contributed by atoms with Crippen molar-refractivity contribution in [1.82, 2.24) is 25.3 Å². The Kier molecular flexibility index (Phi) is 7.98. The minimum atomic E-state index is -3.74. The van der Waals surface area contributed by atoms with Crippen LogP contribution in [0.4, 0.5) is 17.5 Å². The Morgan fingerprint density at radius 3 is 2.62 bits per heavy atom. The van der Waals surface area contributed by atoms with Crippen LogP contribution < -0.4 is 21.7 Å². The first kappa shape index (κ1) is 25.3. The molecule has 1 aromatic carbocycles. The van der Waals surface area contributed by atoms with Gasteiger partial charge in [0, 0.05) is 24.8 Å². The Morgan fingerprint density at radius 2 is 1.94 bits per heavy atom. The lowest BCUT2D eigenvalue weighted by molar-refractivity contribution is 0.0955. The van der Waals surface area contributed by atoms with E-state index >= 15 is 0 Å². The summed E-state index contributed by atoms with van der Waals surface area (Å²) in [6.45, 7) is 4.06. The molecule has 0 saturated heterocycles. The Hall–Kier alpha value is -3.34. The fourth-order valence-corrected chi connectivity index (χ4v) is 4.29. The summed E-state index contributed by atoms with van der Waals surface area (Å²) in [5.41, 5.74) is 14.1. The maximum absolute atomic E-state index is 12.4. The second-order valence-electron chi connectivity index (χ2n) is 7.84. The van der Waals surface area contributed by atoms with Crippen LogP contribution in [0.25, 0.3) is 11.2 Å². The Bertz CT molecular complexity index is 1210. The van der Waals surface area contributed by atoms with Gasteiger partial charge < -0.3 is 31.1 Å². The van der Waals surface area contributed by atoms with Gasteiger partial charge in [0.1, 0.15) is 0 Å². The van der Waals surface area contributed by atoms with Crippen LogP contribution in [0.1, 0.15) is 36.3 Å². The van der Waals surface area contributed by atoms with E-state index in [0.717, 1.165) is 5.69 Å². The van der Waals surface area contributed by atoms with Crippen LogP contribution in [0.5, 0.6) is 0 Å². The highest BCUT2D eigenvalue weighted by molar-refractivity contribution is 7.52. The highest BCUT2D eigenvalue weighted by atomic mass is 31.2. The molecule has 6 N–H and O–H groups in total. The molecule has 182 valence electrons. The Balaban J connectivity index is 1.58. The van der Waals surface area contributed by atoms with E-state index in [1.807, 2.05) is 18.9 Å². The summed E-state index contributed by atoms with van der Waals surface area (Å²) >= 11 is 0. The molecule has 12 nitrogen and oxygen atoms in total. The van der Waals surface area contributed by atoms with E-state index in [-0.39, 0.29) is 36.5 Å². The van der Waals surface area contributed by atoms with Gasteiger partial charge in [0.05, 0.1) is 30.7 Å². The molecule has 34 heavy (non-hydrogen) atoms. The number of rotatable bonds is 10. The summed E-state index contributed by atoms with van der Waals surface area (Å²) in [5.74, 6) is -0.134. The number of benzene rings is 1. The van der Waals surface area contributed by atoms with Gasteiger partial charge in [-0.1, -0.05) is 6.92 Å². The number of nitrogens with zero attached hydrogens (tertiary/aromatic N) is 5. The molecule has 2 heterocycles. The van der Waals surface area contributed by atoms with E-state index in [1.54, 1.807) is 37.4 Å². The zero-order valence-electron chi connectivity index (χ0n) is 19.3. The Morgan fingerprint density at radius 1 is 1.24 bits per heavy atom. The zero-order chi connectivity index (χ0) is 24.9. The van der Waals surface area contributed by atoms with Crippen molar-refractivity contribution >= 4 is 42.1 Å². The molecule has 2 aromatic heterocycles. The van der Waals surface area contributed by atoms with Gasteiger partial charge in [-0.2, -0.15) is 9.97 Å². The third-order valence-electron chi connectivity index (χ3n) is 5.07. The third-order valence-corrected chi connectivity index (χ3v) is 6.55. The molecule has 2 unspecified atom stereocenters. The normalized spacial score (nSPS) is 13.9. The van der Waals surface area contributed by atoms with Gasteiger partial charge in [0.2, 0.25) is 5.95 Å². The van der Waals surface area contributed by atoms with Gasteiger partial charge in [-0.15, -0.1) is 0 Å². The number of anilines is 3. The predicted octanol–water partition coefficient (Wildman–Crippen LogP) is 1.95. The SMILES string of the molecule is CCC(C)OP(=O)(O)CCNC(=O)c1ccc(N(C)Cc2cnc3nc(N)nc(N)c3n2)cc1. The summed E-state index contributed by atoms with van der Waals surface area (Å²) in [5, 5.41) is 2.65. The van der Waals surface area contributed by atoms with Crippen molar-refractivity contribution in [3.05, 3.63) is 41.7 Å². The molecule has 13 heteroatoms.